The molecule has 1 fully saturated rings. The van der Waals surface area contributed by atoms with E-state index in [0.717, 1.165) is 60.5 Å². The fraction of sp³-hybridized carbons (Fsp3) is 0.364. The van der Waals surface area contributed by atoms with Crippen molar-refractivity contribution in [2.45, 2.75) is 32.1 Å². The van der Waals surface area contributed by atoms with Crippen LogP contribution in [-0.2, 0) is 6.42 Å². The van der Waals surface area contributed by atoms with E-state index in [1.54, 1.807) is 16.9 Å². The predicted octanol–water partition coefficient (Wildman–Crippen LogP) is 4.37. The van der Waals surface area contributed by atoms with Gasteiger partial charge in [0, 0.05) is 46.4 Å². The molecule has 0 bridgehead atoms. The Kier molecular flexibility index (Phi) is 4.72. The first-order chi connectivity index (χ1) is 14.1. The minimum atomic E-state index is -0.269. The van der Waals surface area contributed by atoms with Crippen molar-refractivity contribution in [3.8, 4) is 0 Å². The van der Waals surface area contributed by atoms with Crippen molar-refractivity contribution in [2.24, 2.45) is 0 Å². The van der Waals surface area contributed by atoms with Gasteiger partial charge >= 0.3 is 0 Å². The molecule has 0 aliphatic carbocycles. The van der Waals surface area contributed by atoms with Crippen molar-refractivity contribution in [2.75, 3.05) is 19.6 Å². The molecule has 150 valence electrons. The molecule has 0 amide bonds. The van der Waals surface area contributed by atoms with Crippen LogP contribution in [0.4, 0.5) is 4.39 Å². The zero-order valence-corrected chi connectivity index (χ0v) is 17.0. The molecule has 0 unspecified atom stereocenters. The summed E-state index contributed by atoms with van der Waals surface area (Å²) in [6.45, 7) is 4.74. The second-order valence-electron chi connectivity index (χ2n) is 7.73. The van der Waals surface area contributed by atoms with Crippen LogP contribution in [0.25, 0.3) is 15.9 Å². The van der Waals surface area contributed by atoms with Crippen molar-refractivity contribution >= 4 is 27.3 Å². The van der Waals surface area contributed by atoms with Gasteiger partial charge in [-0.05, 0) is 57.3 Å². The smallest absolute Gasteiger partial charge is 0.261 e. The molecule has 1 saturated heterocycles. The Hall–Kier alpha value is -2.51. The molecule has 1 aromatic carbocycles. The van der Waals surface area contributed by atoms with Gasteiger partial charge in [0.15, 0.2) is 4.96 Å². The van der Waals surface area contributed by atoms with Gasteiger partial charge in [-0.25, -0.2) is 9.37 Å². The molecule has 3 aromatic heterocycles. The zero-order valence-electron chi connectivity index (χ0n) is 16.2. The van der Waals surface area contributed by atoms with E-state index in [2.05, 4.69) is 9.88 Å². The summed E-state index contributed by atoms with van der Waals surface area (Å²) in [6.07, 6.45) is 6.37. The maximum Gasteiger partial charge on any atom is 0.261 e. The standard InChI is InChI=1S/C22H22FN3O2S/c1-14-17(21(27)26-10-11-29-22(26)24-14)6-9-25-7-4-15(5-8-25)19-13-28-20-12-16(23)2-3-18(19)20/h2-3,10-13,15H,4-9H2,1H3. The van der Waals surface area contributed by atoms with Gasteiger partial charge in [-0.3, -0.25) is 9.20 Å². The van der Waals surface area contributed by atoms with E-state index in [4.69, 9.17) is 4.42 Å². The number of hydrogen-bond acceptors (Lipinski definition) is 5. The van der Waals surface area contributed by atoms with Gasteiger partial charge in [-0.1, -0.05) is 0 Å². The van der Waals surface area contributed by atoms with E-state index in [0.29, 0.717) is 11.5 Å². The first kappa shape index (κ1) is 18.5. The third-order valence-corrected chi connectivity index (χ3v) is 6.80. The van der Waals surface area contributed by atoms with Crippen molar-refractivity contribution in [3.63, 3.8) is 0 Å². The van der Waals surface area contributed by atoms with Crippen LogP contribution in [-0.4, -0.2) is 33.9 Å². The lowest BCUT2D eigenvalue weighted by atomic mass is 9.89. The second kappa shape index (κ2) is 7.39. The van der Waals surface area contributed by atoms with Crippen LogP contribution in [0.3, 0.4) is 0 Å². The molecule has 4 aromatic rings. The van der Waals surface area contributed by atoms with E-state index in [-0.39, 0.29) is 11.4 Å². The molecule has 0 saturated carbocycles. The van der Waals surface area contributed by atoms with Gasteiger partial charge in [0.1, 0.15) is 11.4 Å². The Bertz CT molecular complexity index is 1230. The maximum atomic E-state index is 13.4. The maximum absolute atomic E-state index is 13.4. The number of halogens is 1. The van der Waals surface area contributed by atoms with E-state index in [1.807, 2.05) is 18.4 Å². The molecular formula is C22H22FN3O2S. The first-order valence-electron chi connectivity index (χ1n) is 9.94. The highest BCUT2D eigenvalue weighted by Crippen LogP contribution is 2.34. The van der Waals surface area contributed by atoms with E-state index in [9.17, 15) is 9.18 Å². The molecular weight excluding hydrogens is 389 g/mol. The molecule has 0 spiro atoms. The lowest BCUT2D eigenvalue weighted by molar-refractivity contribution is 0.214. The number of fused-ring (bicyclic) bond motifs is 2. The summed E-state index contributed by atoms with van der Waals surface area (Å²) in [6, 6.07) is 4.77. The quantitative estimate of drug-likeness (QED) is 0.500. The van der Waals surface area contributed by atoms with E-state index >= 15 is 0 Å². The molecule has 29 heavy (non-hydrogen) atoms. The molecule has 5 rings (SSSR count). The number of aromatic nitrogens is 2. The highest BCUT2D eigenvalue weighted by molar-refractivity contribution is 7.15. The van der Waals surface area contributed by atoms with Crippen LogP contribution in [0.15, 0.2) is 45.3 Å². The van der Waals surface area contributed by atoms with Gasteiger partial charge in [-0.2, -0.15) is 0 Å². The second-order valence-corrected chi connectivity index (χ2v) is 8.61. The first-order valence-corrected chi connectivity index (χ1v) is 10.8. The minimum Gasteiger partial charge on any atom is -0.464 e. The van der Waals surface area contributed by atoms with Crippen molar-refractivity contribution in [1.29, 1.82) is 0 Å². The SMILES string of the molecule is Cc1nc2sccn2c(=O)c1CCN1CCC(c2coc3cc(F)ccc23)CC1. The summed E-state index contributed by atoms with van der Waals surface area (Å²) in [5.74, 6) is 0.156. The Morgan fingerprint density at radius 2 is 2.14 bits per heavy atom. The molecule has 1 aliphatic rings. The summed E-state index contributed by atoms with van der Waals surface area (Å²) in [5.41, 5.74) is 3.51. The average molecular weight is 412 g/mol. The lowest BCUT2D eigenvalue weighted by Crippen LogP contribution is -2.35. The number of piperidine rings is 1. The lowest BCUT2D eigenvalue weighted by Gasteiger charge is -2.31. The fourth-order valence-corrected chi connectivity index (χ4v) is 5.13. The number of aryl methyl sites for hydroxylation is 1. The number of benzene rings is 1. The number of furan rings is 1. The average Bonchev–Trinajstić information content (AvgIpc) is 3.35. The minimum absolute atomic E-state index is 0.0562. The third-order valence-electron chi connectivity index (χ3n) is 6.04. The zero-order chi connectivity index (χ0) is 20.0. The third kappa shape index (κ3) is 3.38. The van der Waals surface area contributed by atoms with Crippen LogP contribution in [0.5, 0.6) is 0 Å². The molecule has 7 heteroatoms. The van der Waals surface area contributed by atoms with Crippen molar-refractivity contribution < 1.29 is 8.81 Å². The van der Waals surface area contributed by atoms with E-state index < -0.39 is 0 Å². The number of rotatable bonds is 4. The highest BCUT2D eigenvalue weighted by atomic mass is 32.1. The molecule has 0 N–H and O–H groups in total. The molecule has 0 atom stereocenters. The summed E-state index contributed by atoms with van der Waals surface area (Å²) in [5, 5.41) is 2.91. The van der Waals surface area contributed by atoms with Crippen LogP contribution in [0.1, 0.15) is 35.6 Å². The topological polar surface area (TPSA) is 50.8 Å². The molecule has 1 aliphatic heterocycles. The summed E-state index contributed by atoms with van der Waals surface area (Å²) in [4.78, 5) is 20.5. The van der Waals surface area contributed by atoms with E-state index in [1.165, 1.54) is 29.0 Å². The van der Waals surface area contributed by atoms with Crippen molar-refractivity contribution in [3.05, 3.63) is 69.0 Å². The highest BCUT2D eigenvalue weighted by Gasteiger charge is 2.24. The Labute approximate surface area is 171 Å². The Morgan fingerprint density at radius 1 is 1.31 bits per heavy atom. The Morgan fingerprint density at radius 3 is 2.97 bits per heavy atom. The number of likely N-dealkylation sites (tertiary alicyclic amines) is 1. The molecule has 0 radical (unpaired) electrons. The van der Waals surface area contributed by atoms with Gasteiger partial charge in [0.25, 0.3) is 5.56 Å². The number of hydrogen-bond donors (Lipinski definition) is 0. The molecule has 5 nitrogen and oxygen atoms in total. The van der Waals surface area contributed by atoms with Crippen molar-refractivity contribution in [1.82, 2.24) is 14.3 Å². The largest absolute Gasteiger partial charge is 0.464 e. The van der Waals surface area contributed by atoms with Crippen LogP contribution in [0, 0.1) is 12.7 Å². The molecule has 4 heterocycles. The van der Waals surface area contributed by atoms with Gasteiger partial charge in [0.2, 0.25) is 0 Å². The normalized spacial score (nSPS) is 16.2. The number of thiazole rings is 1. The van der Waals surface area contributed by atoms with Crippen LogP contribution in [0.2, 0.25) is 0 Å². The van der Waals surface area contributed by atoms with Gasteiger partial charge < -0.3 is 9.32 Å². The predicted molar refractivity (Wildman–Crippen MR) is 112 cm³/mol. The summed E-state index contributed by atoms with van der Waals surface area (Å²) >= 11 is 1.48. The monoisotopic (exact) mass is 411 g/mol. The summed E-state index contributed by atoms with van der Waals surface area (Å²) in [7, 11) is 0. The summed E-state index contributed by atoms with van der Waals surface area (Å²) < 4.78 is 20.6. The fourth-order valence-electron chi connectivity index (χ4n) is 4.38. The number of nitrogens with zero attached hydrogens (tertiary/aromatic N) is 3. The Balaban J connectivity index is 1.25. The van der Waals surface area contributed by atoms with Gasteiger partial charge in [0.05, 0.1) is 6.26 Å². The van der Waals surface area contributed by atoms with Crippen LogP contribution < -0.4 is 5.56 Å². The van der Waals surface area contributed by atoms with Gasteiger partial charge in [-0.15, -0.1) is 11.3 Å². The van der Waals surface area contributed by atoms with Crippen LogP contribution >= 0.6 is 11.3 Å².